The minimum absolute atomic E-state index is 0.558. The molecule has 0 unspecified atom stereocenters. The Morgan fingerprint density at radius 2 is 1.95 bits per heavy atom. The Labute approximate surface area is 111 Å². The van der Waals surface area contributed by atoms with Crippen LogP contribution < -0.4 is 0 Å². The van der Waals surface area contributed by atoms with Gasteiger partial charge in [-0.25, -0.2) is 4.68 Å². The summed E-state index contributed by atoms with van der Waals surface area (Å²) in [6.07, 6.45) is 8.84. The van der Waals surface area contributed by atoms with Gasteiger partial charge < -0.3 is 0 Å². The maximum absolute atomic E-state index is 4.23. The zero-order chi connectivity index (χ0) is 13.7. The van der Waals surface area contributed by atoms with Crippen LogP contribution in [0.5, 0.6) is 0 Å². The van der Waals surface area contributed by atoms with Crippen LogP contribution in [0.15, 0.2) is 43.2 Å². The van der Waals surface area contributed by atoms with E-state index in [0.717, 1.165) is 11.1 Å². The van der Waals surface area contributed by atoms with Crippen LogP contribution in [-0.4, -0.2) is 29.5 Å². The summed E-state index contributed by atoms with van der Waals surface area (Å²) in [7, 11) is 1.82. The van der Waals surface area contributed by atoms with Crippen molar-refractivity contribution in [1.29, 1.82) is 0 Å². The molecule has 3 heterocycles. The molecule has 0 saturated heterocycles. The first-order valence-corrected chi connectivity index (χ1v) is 6.14. The van der Waals surface area contributed by atoms with Crippen molar-refractivity contribution < 1.29 is 0 Å². The maximum Gasteiger partial charge on any atom is 0.269 e. The van der Waals surface area contributed by atoms with Crippen LogP contribution in [0.1, 0.15) is 13.8 Å². The van der Waals surface area contributed by atoms with Crippen molar-refractivity contribution in [3.8, 4) is 17.1 Å². The highest BCUT2D eigenvalue weighted by Crippen LogP contribution is 2.17. The summed E-state index contributed by atoms with van der Waals surface area (Å²) in [6.45, 7) is 4.00. The lowest BCUT2D eigenvalue weighted by Crippen LogP contribution is -1.98. The van der Waals surface area contributed by atoms with E-state index in [1.165, 1.54) is 0 Å². The Morgan fingerprint density at radius 3 is 2.58 bits per heavy atom. The second kappa shape index (κ2) is 5.90. The van der Waals surface area contributed by atoms with Gasteiger partial charge in [-0.1, -0.05) is 19.9 Å². The molecule has 0 radical (unpaired) electrons. The highest BCUT2D eigenvalue weighted by molar-refractivity contribution is 5.60. The molecule has 0 aliphatic carbocycles. The number of hydrogen-bond acceptors (Lipinski definition) is 4. The van der Waals surface area contributed by atoms with Crippen molar-refractivity contribution >= 4 is 0 Å². The van der Waals surface area contributed by atoms with E-state index in [9.17, 15) is 0 Å². The molecular formula is C13H16N6. The van der Waals surface area contributed by atoms with Gasteiger partial charge >= 0.3 is 0 Å². The second-order valence-electron chi connectivity index (χ2n) is 3.63. The summed E-state index contributed by atoms with van der Waals surface area (Å²) in [4.78, 5) is 8.20. The lowest BCUT2D eigenvalue weighted by molar-refractivity contribution is 0.731. The highest BCUT2D eigenvalue weighted by Gasteiger charge is 2.06. The molecule has 0 N–H and O–H groups in total. The van der Waals surface area contributed by atoms with Crippen LogP contribution >= 0.6 is 0 Å². The number of pyridine rings is 1. The second-order valence-corrected chi connectivity index (χ2v) is 3.63. The highest BCUT2D eigenvalue weighted by atomic mass is 15.4. The van der Waals surface area contributed by atoms with E-state index in [-0.39, 0.29) is 0 Å². The van der Waals surface area contributed by atoms with Crippen molar-refractivity contribution in [2.45, 2.75) is 13.8 Å². The smallest absolute Gasteiger partial charge is 0.264 e. The SMILES string of the molecule is CC.Cn1cnc(-n2cc(-c3cccnc3)cn2)n1. The molecule has 19 heavy (non-hydrogen) atoms. The summed E-state index contributed by atoms with van der Waals surface area (Å²) >= 11 is 0. The molecular weight excluding hydrogens is 240 g/mol. The quantitative estimate of drug-likeness (QED) is 0.704. The van der Waals surface area contributed by atoms with Crippen LogP contribution in [0.4, 0.5) is 0 Å². The predicted molar refractivity (Wildman–Crippen MR) is 72.7 cm³/mol. The Bertz CT molecular complexity index is 625. The number of nitrogens with zero attached hydrogens (tertiary/aromatic N) is 6. The molecule has 98 valence electrons. The fourth-order valence-corrected chi connectivity index (χ4v) is 1.55. The Kier molecular flexibility index (Phi) is 4.02. The first kappa shape index (κ1) is 12.9. The number of hydrogen-bond donors (Lipinski definition) is 0. The van der Waals surface area contributed by atoms with E-state index in [1.807, 2.05) is 39.2 Å². The molecule has 0 aliphatic rings. The summed E-state index contributed by atoms with van der Waals surface area (Å²) in [5, 5.41) is 8.41. The summed E-state index contributed by atoms with van der Waals surface area (Å²) in [6, 6.07) is 3.88. The Hall–Kier alpha value is -2.50. The fraction of sp³-hybridized carbons (Fsp3) is 0.231. The average Bonchev–Trinajstić information content (AvgIpc) is 3.10. The van der Waals surface area contributed by atoms with Gasteiger partial charge in [0.1, 0.15) is 6.33 Å². The first-order valence-electron chi connectivity index (χ1n) is 6.14. The third kappa shape index (κ3) is 2.85. The monoisotopic (exact) mass is 256 g/mol. The maximum atomic E-state index is 4.23. The molecule has 3 rings (SSSR count). The van der Waals surface area contributed by atoms with E-state index in [1.54, 1.807) is 34.3 Å². The molecule has 6 heteroatoms. The van der Waals surface area contributed by atoms with Crippen molar-refractivity contribution in [3.05, 3.63) is 43.2 Å². The molecule has 3 aromatic heterocycles. The largest absolute Gasteiger partial charge is 0.269 e. The Morgan fingerprint density at radius 1 is 1.11 bits per heavy atom. The zero-order valence-electron chi connectivity index (χ0n) is 11.2. The van der Waals surface area contributed by atoms with Crippen LogP contribution in [-0.2, 0) is 7.05 Å². The topological polar surface area (TPSA) is 61.4 Å². The molecule has 6 nitrogen and oxygen atoms in total. The minimum atomic E-state index is 0.558. The van der Waals surface area contributed by atoms with E-state index in [0.29, 0.717) is 5.95 Å². The van der Waals surface area contributed by atoms with Gasteiger partial charge in [0, 0.05) is 36.8 Å². The molecule has 0 fully saturated rings. The summed E-state index contributed by atoms with van der Waals surface area (Å²) in [5.41, 5.74) is 2.01. The minimum Gasteiger partial charge on any atom is -0.264 e. The third-order valence-corrected chi connectivity index (χ3v) is 2.37. The van der Waals surface area contributed by atoms with E-state index >= 15 is 0 Å². The molecule has 0 spiro atoms. The molecule has 0 saturated carbocycles. The van der Waals surface area contributed by atoms with Gasteiger partial charge in [-0.05, 0) is 6.07 Å². The molecule has 0 aromatic carbocycles. The van der Waals surface area contributed by atoms with E-state index < -0.39 is 0 Å². The number of rotatable bonds is 2. The molecule has 3 aromatic rings. The number of aryl methyl sites for hydroxylation is 1. The van der Waals surface area contributed by atoms with Crippen LogP contribution in [0.3, 0.4) is 0 Å². The van der Waals surface area contributed by atoms with Crippen molar-refractivity contribution in [1.82, 2.24) is 29.5 Å². The standard InChI is InChI=1S/C11H10N6.C2H6/c1-16-8-13-11(15-16)17-7-10(6-14-17)9-3-2-4-12-5-9;1-2/h2-8H,1H3;1-2H3. The van der Waals surface area contributed by atoms with Gasteiger partial charge in [-0.3, -0.25) is 9.67 Å². The van der Waals surface area contributed by atoms with E-state index in [4.69, 9.17) is 0 Å². The van der Waals surface area contributed by atoms with Gasteiger partial charge in [-0.2, -0.15) is 10.1 Å². The van der Waals surface area contributed by atoms with Gasteiger partial charge in [0.2, 0.25) is 0 Å². The molecule has 0 aliphatic heterocycles. The summed E-state index contributed by atoms with van der Waals surface area (Å²) < 4.78 is 3.28. The fourth-order valence-electron chi connectivity index (χ4n) is 1.55. The van der Waals surface area contributed by atoms with Crippen molar-refractivity contribution in [2.24, 2.45) is 7.05 Å². The average molecular weight is 256 g/mol. The summed E-state index contributed by atoms with van der Waals surface area (Å²) in [5.74, 6) is 0.558. The lowest BCUT2D eigenvalue weighted by Gasteiger charge is -1.94. The first-order chi connectivity index (χ1) is 9.33. The Balaban J connectivity index is 0.000000637. The predicted octanol–water partition coefficient (Wildman–Crippen LogP) is 2.09. The van der Waals surface area contributed by atoms with E-state index in [2.05, 4.69) is 20.2 Å². The van der Waals surface area contributed by atoms with Gasteiger partial charge in [0.05, 0.1) is 6.20 Å². The molecule has 0 amide bonds. The van der Waals surface area contributed by atoms with Gasteiger partial charge in [-0.15, -0.1) is 5.10 Å². The normalized spacial score (nSPS) is 9.84. The van der Waals surface area contributed by atoms with Crippen LogP contribution in [0.2, 0.25) is 0 Å². The molecule has 0 atom stereocenters. The van der Waals surface area contributed by atoms with Gasteiger partial charge in [0.15, 0.2) is 0 Å². The lowest BCUT2D eigenvalue weighted by atomic mass is 10.2. The third-order valence-electron chi connectivity index (χ3n) is 2.37. The molecule has 0 bridgehead atoms. The van der Waals surface area contributed by atoms with Gasteiger partial charge in [0.25, 0.3) is 5.95 Å². The number of aromatic nitrogens is 6. The van der Waals surface area contributed by atoms with Crippen molar-refractivity contribution in [3.63, 3.8) is 0 Å². The van der Waals surface area contributed by atoms with Crippen molar-refractivity contribution in [2.75, 3.05) is 0 Å². The van der Waals surface area contributed by atoms with Crippen LogP contribution in [0.25, 0.3) is 17.1 Å². The van der Waals surface area contributed by atoms with Crippen LogP contribution in [0, 0.1) is 0 Å². The zero-order valence-corrected chi connectivity index (χ0v) is 11.2.